The van der Waals surface area contributed by atoms with Crippen molar-refractivity contribution in [1.29, 1.82) is 0 Å². The van der Waals surface area contributed by atoms with Gasteiger partial charge in [-0.15, -0.1) is 10.2 Å². The Hall–Kier alpha value is -3.45. The lowest BCUT2D eigenvalue weighted by atomic mass is 10.1. The van der Waals surface area contributed by atoms with Gasteiger partial charge in [0.1, 0.15) is 0 Å². The maximum atomic E-state index is 12.8. The van der Waals surface area contributed by atoms with E-state index in [0.717, 1.165) is 22.5 Å². The third-order valence-corrected chi connectivity index (χ3v) is 6.19. The van der Waals surface area contributed by atoms with Crippen molar-refractivity contribution >= 4 is 17.7 Å². The predicted molar refractivity (Wildman–Crippen MR) is 127 cm³/mol. The zero-order valence-electron chi connectivity index (χ0n) is 18.2. The molecular formula is C25H25N5OS. The lowest BCUT2D eigenvalue weighted by Gasteiger charge is -2.18. The average Bonchev–Trinajstić information content (AvgIpc) is 3.22. The van der Waals surface area contributed by atoms with Gasteiger partial charge in [-0.1, -0.05) is 66.4 Å². The highest BCUT2D eigenvalue weighted by molar-refractivity contribution is 7.99. The Balaban J connectivity index is 1.51. The minimum atomic E-state index is 0.0513. The summed E-state index contributed by atoms with van der Waals surface area (Å²) in [7, 11) is 1.84. The van der Waals surface area contributed by atoms with Crippen LogP contribution in [0.4, 0.5) is 0 Å². The smallest absolute Gasteiger partial charge is 0.233 e. The standard InChI is InChI=1S/C25H25N5OS/c1-19-9-6-7-12-22(19)17-29(2)23(31)18-32-25-28-27-24(21-13-8-14-26-15-21)30(25)16-20-10-4-3-5-11-20/h3-15H,16-18H2,1-2H3. The number of carbonyl (C=O) groups is 1. The van der Waals surface area contributed by atoms with Crippen molar-refractivity contribution in [2.75, 3.05) is 12.8 Å². The van der Waals surface area contributed by atoms with Crippen LogP contribution < -0.4 is 0 Å². The molecule has 2 heterocycles. The lowest BCUT2D eigenvalue weighted by Crippen LogP contribution is -2.28. The molecule has 2 aromatic heterocycles. The van der Waals surface area contributed by atoms with Crippen molar-refractivity contribution in [3.8, 4) is 11.4 Å². The number of hydrogen-bond acceptors (Lipinski definition) is 5. The minimum absolute atomic E-state index is 0.0513. The van der Waals surface area contributed by atoms with E-state index in [1.54, 1.807) is 17.3 Å². The highest BCUT2D eigenvalue weighted by Gasteiger charge is 2.18. The number of nitrogens with zero attached hydrogens (tertiary/aromatic N) is 5. The Bertz CT molecular complexity index is 1180. The Morgan fingerprint density at radius 2 is 1.78 bits per heavy atom. The summed E-state index contributed by atoms with van der Waals surface area (Å²) in [6.45, 7) is 3.27. The molecule has 7 heteroatoms. The highest BCUT2D eigenvalue weighted by atomic mass is 32.2. The molecule has 0 N–H and O–H groups in total. The van der Waals surface area contributed by atoms with Gasteiger partial charge < -0.3 is 4.90 Å². The van der Waals surface area contributed by atoms with Gasteiger partial charge in [-0.05, 0) is 35.7 Å². The molecule has 162 valence electrons. The van der Waals surface area contributed by atoms with Crippen LogP contribution in [-0.2, 0) is 17.9 Å². The highest BCUT2D eigenvalue weighted by Crippen LogP contribution is 2.25. The van der Waals surface area contributed by atoms with Crippen molar-refractivity contribution in [3.63, 3.8) is 0 Å². The summed E-state index contributed by atoms with van der Waals surface area (Å²) in [5.41, 5.74) is 4.37. The van der Waals surface area contributed by atoms with E-state index in [-0.39, 0.29) is 5.91 Å². The van der Waals surface area contributed by atoms with Gasteiger partial charge in [0.05, 0.1) is 12.3 Å². The van der Waals surface area contributed by atoms with Crippen LogP contribution in [0.2, 0.25) is 0 Å². The number of benzene rings is 2. The number of aromatic nitrogens is 4. The van der Waals surface area contributed by atoms with Crippen LogP contribution in [0.3, 0.4) is 0 Å². The monoisotopic (exact) mass is 443 g/mol. The van der Waals surface area contributed by atoms with Gasteiger partial charge in [-0.3, -0.25) is 14.3 Å². The minimum Gasteiger partial charge on any atom is -0.341 e. The molecule has 0 saturated carbocycles. The second kappa shape index (κ2) is 10.2. The summed E-state index contributed by atoms with van der Waals surface area (Å²) < 4.78 is 2.05. The van der Waals surface area contributed by atoms with Crippen molar-refractivity contribution in [2.24, 2.45) is 0 Å². The van der Waals surface area contributed by atoms with Gasteiger partial charge in [0.2, 0.25) is 5.91 Å². The van der Waals surface area contributed by atoms with Crippen LogP contribution in [0.1, 0.15) is 16.7 Å². The number of aryl methyl sites for hydroxylation is 1. The largest absolute Gasteiger partial charge is 0.341 e. The first-order valence-electron chi connectivity index (χ1n) is 10.4. The number of carbonyl (C=O) groups excluding carboxylic acids is 1. The summed E-state index contributed by atoms with van der Waals surface area (Å²) in [5.74, 6) is 1.09. The third kappa shape index (κ3) is 5.23. The van der Waals surface area contributed by atoms with Crippen LogP contribution in [-0.4, -0.2) is 43.4 Å². The molecule has 0 saturated heterocycles. The molecule has 0 atom stereocenters. The Labute approximate surface area is 192 Å². The van der Waals surface area contributed by atoms with Crippen LogP contribution in [0.5, 0.6) is 0 Å². The van der Waals surface area contributed by atoms with E-state index >= 15 is 0 Å². The summed E-state index contributed by atoms with van der Waals surface area (Å²) in [4.78, 5) is 18.8. The van der Waals surface area contributed by atoms with E-state index in [9.17, 15) is 4.79 Å². The average molecular weight is 444 g/mol. The quantitative estimate of drug-likeness (QED) is 0.377. The first-order chi connectivity index (χ1) is 15.6. The molecule has 0 aliphatic rings. The Kier molecular flexibility index (Phi) is 6.97. The molecule has 4 aromatic rings. The van der Waals surface area contributed by atoms with E-state index in [2.05, 4.69) is 46.4 Å². The topological polar surface area (TPSA) is 63.9 Å². The van der Waals surface area contributed by atoms with E-state index < -0.39 is 0 Å². The molecule has 6 nitrogen and oxygen atoms in total. The van der Waals surface area contributed by atoms with Gasteiger partial charge in [-0.25, -0.2) is 0 Å². The van der Waals surface area contributed by atoms with E-state index in [1.807, 2.05) is 54.1 Å². The molecule has 2 aromatic carbocycles. The summed E-state index contributed by atoms with van der Waals surface area (Å²) in [6.07, 6.45) is 3.51. The normalized spacial score (nSPS) is 10.8. The van der Waals surface area contributed by atoms with Crippen molar-refractivity contribution in [1.82, 2.24) is 24.6 Å². The first kappa shape index (κ1) is 21.8. The number of amides is 1. The van der Waals surface area contributed by atoms with Crippen LogP contribution in [0.25, 0.3) is 11.4 Å². The van der Waals surface area contributed by atoms with E-state index in [4.69, 9.17) is 0 Å². The summed E-state index contributed by atoms with van der Waals surface area (Å²) in [6, 6.07) is 22.2. The van der Waals surface area contributed by atoms with E-state index in [1.165, 1.54) is 17.3 Å². The van der Waals surface area contributed by atoms with Gasteiger partial charge in [0.25, 0.3) is 0 Å². The fraction of sp³-hybridized carbons (Fsp3) is 0.200. The molecular weight excluding hydrogens is 418 g/mol. The number of thioether (sulfide) groups is 1. The molecule has 1 amide bonds. The fourth-order valence-electron chi connectivity index (χ4n) is 3.38. The molecule has 0 bridgehead atoms. The van der Waals surface area contributed by atoms with Crippen molar-refractivity contribution in [3.05, 3.63) is 95.8 Å². The molecule has 0 aliphatic carbocycles. The lowest BCUT2D eigenvalue weighted by molar-refractivity contribution is -0.127. The number of rotatable bonds is 8. The van der Waals surface area contributed by atoms with Gasteiger partial charge in [-0.2, -0.15) is 0 Å². The molecule has 0 fully saturated rings. The first-order valence-corrected chi connectivity index (χ1v) is 11.4. The zero-order valence-corrected chi connectivity index (χ0v) is 19.0. The third-order valence-electron chi connectivity index (χ3n) is 5.24. The van der Waals surface area contributed by atoms with Gasteiger partial charge >= 0.3 is 0 Å². The number of pyridine rings is 1. The summed E-state index contributed by atoms with van der Waals surface area (Å²) >= 11 is 1.41. The van der Waals surface area contributed by atoms with Crippen LogP contribution in [0, 0.1) is 6.92 Å². The number of hydrogen-bond donors (Lipinski definition) is 0. The van der Waals surface area contributed by atoms with Crippen molar-refractivity contribution in [2.45, 2.75) is 25.2 Å². The maximum absolute atomic E-state index is 12.8. The molecule has 4 rings (SSSR count). The van der Waals surface area contributed by atoms with Crippen molar-refractivity contribution < 1.29 is 4.79 Å². The molecule has 0 aliphatic heterocycles. The van der Waals surface area contributed by atoms with Gasteiger partial charge in [0, 0.05) is 31.5 Å². The molecule has 32 heavy (non-hydrogen) atoms. The SMILES string of the molecule is Cc1ccccc1CN(C)C(=O)CSc1nnc(-c2cccnc2)n1Cc1ccccc1. The van der Waals surface area contributed by atoms with Crippen LogP contribution >= 0.6 is 11.8 Å². The Morgan fingerprint density at radius 1 is 1.00 bits per heavy atom. The second-order valence-corrected chi connectivity index (χ2v) is 8.53. The Morgan fingerprint density at radius 3 is 2.53 bits per heavy atom. The molecule has 0 unspecified atom stereocenters. The predicted octanol–water partition coefficient (Wildman–Crippen LogP) is 4.45. The van der Waals surface area contributed by atoms with E-state index in [0.29, 0.717) is 24.0 Å². The van der Waals surface area contributed by atoms with Gasteiger partial charge in [0.15, 0.2) is 11.0 Å². The zero-order chi connectivity index (χ0) is 22.3. The maximum Gasteiger partial charge on any atom is 0.233 e. The molecule has 0 spiro atoms. The van der Waals surface area contributed by atoms with Crippen LogP contribution in [0.15, 0.2) is 84.3 Å². The molecule has 0 radical (unpaired) electrons. The fourth-order valence-corrected chi connectivity index (χ4v) is 4.26. The second-order valence-electron chi connectivity index (χ2n) is 7.58. The summed E-state index contributed by atoms with van der Waals surface area (Å²) in [5, 5.41) is 9.52.